The van der Waals surface area contributed by atoms with Crippen molar-refractivity contribution in [1.29, 1.82) is 0 Å². The van der Waals surface area contributed by atoms with Gasteiger partial charge in [-0.25, -0.2) is 0 Å². The lowest BCUT2D eigenvalue weighted by molar-refractivity contribution is -0.162. The molecule has 0 spiro atoms. The predicted octanol–water partition coefficient (Wildman–Crippen LogP) is 2.56. The van der Waals surface area contributed by atoms with Gasteiger partial charge >= 0.3 is 5.97 Å². The van der Waals surface area contributed by atoms with Crippen LogP contribution in [-0.4, -0.2) is 62.1 Å². The summed E-state index contributed by atoms with van der Waals surface area (Å²) in [6, 6.07) is 0. The van der Waals surface area contributed by atoms with Gasteiger partial charge in [-0.1, -0.05) is 32.9 Å². The van der Waals surface area contributed by atoms with Gasteiger partial charge in [0.25, 0.3) is 0 Å². The normalized spacial score (nSPS) is 33.0. The number of aliphatic hydroxyl groups is 2. The van der Waals surface area contributed by atoms with Crippen LogP contribution in [0, 0.1) is 5.92 Å². The average molecular weight is 399 g/mol. The third kappa shape index (κ3) is 3.93. The number of hydrogen-bond donors (Lipinski definition) is 2. The van der Waals surface area contributed by atoms with Gasteiger partial charge in [-0.05, 0) is 43.1 Å². The number of esters is 1. The minimum Gasteiger partial charge on any atom is -0.465 e. The van der Waals surface area contributed by atoms with Crippen molar-refractivity contribution < 1.29 is 28.9 Å². The summed E-state index contributed by atoms with van der Waals surface area (Å²) in [6.07, 6.45) is 2.09. The summed E-state index contributed by atoms with van der Waals surface area (Å²) in [7, 11) is -2.15. The van der Waals surface area contributed by atoms with Gasteiger partial charge < -0.3 is 24.1 Å². The van der Waals surface area contributed by atoms with Crippen molar-refractivity contribution in [2.24, 2.45) is 5.92 Å². The molecule has 2 rings (SSSR count). The minimum absolute atomic E-state index is 0.00818. The quantitative estimate of drug-likeness (QED) is 0.421. The Morgan fingerprint density at radius 2 is 2.07 bits per heavy atom. The van der Waals surface area contributed by atoms with Crippen LogP contribution in [0.2, 0.25) is 18.1 Å². The van der Waals surface area contributed by atoms with Crippen LogP contribution in [-0.2, 0) is 18.7 Å². The fraction of sp³-hybridized carbons (Fsp3) is 0.750. The van der Waals surface area contributed by atoms with Crippen LogP contribution in [0.3, 0.4) is 0 Å². The summed E-state index contributed by atoms with van der Waals surface area (Å²) < 4.78 is 17.7. The van der Waals surface area contributed by atoms with E-state index in [1.807, 2.05) is 6.92 Å². The Bertz CT molecular complexity index is 633. The largest absolute Gasteiger partial charge is 0.465 e. The fourth-order valence-electron chi connectivity index (χ4n) is 3.48. The Labute approximate surface area is 163 Å². The molecular weight excluding hydrogens is 364 g/mol. The third-order valence-electron chi connectivity index (χ3n) is 6.10. The Hall–Kier alpha value is -0.993. The molecule has 1 fully saturated rings. The topological polar surface area (TPSA) is 85.2 Å². The van der Waals surface area contributed by atoms with E-state index < -0.39 is 38.0 Å². The molecule has 1 saturated heterocycles. The van der Waals surface area contributed by atoms with Crippen molar-refractivity contribution in [2.45, 2.75) is 70.6 Å². The van der Waals surface area contributed by atoms with E-state index in [0.717, 1.165) is 5.57 Å². The van der Waals surface area contributed by atoms with Crippen LogP contribution in [0.4, 0.5) is 0 Å². The summed E-state index contributed by atoms with van der Waals surface area (Å²) in [5, 5.41) is 21.0. The van der Waals surface area contributed by atoms with E-state index in [1.54, 1.807) is 13.0 Å². The van der Waals surface area contributed by atoms with Gasteiger partial charge in [0.15, 0.2) is 8.32 Å². The van der Waals surface area contributed by atoms with Gasteiger partial charge in [-0.2, -0.15) is 0 Å². The first kappa shape index (κ1) is 22.3. The van der Waals surface area contributed by atoms with E-state index in [4.69, 9.17) is 13.9 Å². The van der Waals surface area contributed by atoms with Crippen molar-refractivity contribution >= 4 is 14.3 Å². The summed E-state index contributed by atoms with van der Waals surface area (Å²) in [5.41, 5.74) is -0.222. The molecule has 1 heterocycles. The second-order valence-electron chi connectivity index (χ2n) is 8.91. The van der Waals surface area contributed by atoms with Crippen molar-refractivity contribution in [3.63, 3.8) is 0 Å². The van der Waals surface area contributed by atoms with Gasteiger partial charge in [0.1, 0.15) is 17.6 Å². The summed E-state index contributed by atoms with van der Waals surface area (Å²) in [5.74, 6) is -1.38. The molecule has 0 radical (unpaired) electrons. The van der Waals surface area contributed by atoms with E-state index >= 15 is 0 Å². The lowest BCUT2D eigenvalue weighted by Crippen LogP contribution is -2.60. The first-order valence-corrected chi connectivity index (χ1v) is 12.5. The highest BCUT2D eigenvalue weighted by molar-refractivity contribution is 6.74. The van der Waals surface area contributed by atoms with Crippen LogP contribution in [0.1, 0.15) is 34.6 Å². The molecule has 6 nitrogen and oxygen atoms in total. The molecule has 4 atom stereocenters. The number of fused-ring (bicyclic) bond motifs is 1. The van der Waals surface area contributed by atoms with Gasteiger partial charge in [0.05, 0.1) is 25.9 Å². The van der Waals surface area contributed by atoms with Gasteiger partial charge in [0.2, 0.25) is 0 Å². The molecule has 2 N–H and O–H groups in total. The maximum absolute atomic E-state index is 12.6. The van der Waals surface area contributed by atoms with E-state index in [0.29, 0.717) is 5.57 Å². The molecule has 0 bridgehead atoms. The zero-order valence-electron chi connectivity index (χ0n) is 17.5. The van der Waals surface area contributed by atoms with Crippen molar-refractivity contribution in [1.82, 2.24) is 0 Å². The van der Waals surface area contributed by atoms with Crippen LogP contribution < -0.4 is 0 Å². The Morgan fingerprint density at radius 1 is 1.44 bits per heavy atom. The van der Waals surface area contributed by atoms with Crippen LogP contribution in [0.5, 0.6) is 0 Å². The number of ether oxygens (including phenoxy) is 2. The highest BCUT2D eigenvalue weighted by Gasteiger charge is 2.61. The van der Waals surface area contributed by atoms with Crippen molar-refractivity contribution in [2.75, 3.05) is 19.8 Å². The van der Waals surface area contributed by atoms with Gasteiger partial charge in [0, 0.05) is 0 Å². The second-order valence-corrected chi connectivity index (χ2v) is 13.7. The van der Waals surface area contributed by atoms with E-state index in [-0.39, 0.29) is 24.9 Å². The predicted molar refractivity (Wildman–Crippen MR) is 106 cm³/mol. The van der Waals surface area contributed by atoms with Gasteiger partial charge in [-0.3, -0.25) is 4.79 Å². The Balaban J connectivity index is 2.51. The first-order valence-electron chi connectivity index (χ1n) is 9.57. The zero-order valence-corrected chi connectivity index (χ0v) is 18.5. The monoisotopic (exact) mass is 398 g/mol. The second kappa shape index (κ2) is 7.79. The van der Waals surface area contributed by atoms with Crippen molar-refractivity contribution in [3.8, 4) is 0 Å². The number of carbonyl (C=O) groups excluding carboxylic acids is 1. The number of rotatable bonds is 5. The molecule has 1 aliphatic carbocycles. The molecule has 27 heavy (non-hydrogen) atoms. The Kier molecular flexibility index (Phi) is 6.44. The molecule has 0 unspecified atom stereocenters. The zero-order chi connectivity index (χ0) is 20.6. The minimum atomic E-state index is -2.15. The lowest BCUT2D eigenvalue weighted by Gasteiger charge is -2.47. The lowest BCUT2D eigenvalue weighted by atomic mass is 9.71. The molecule has 154 valence electrons. The highest BCUT2D eigenvalue weighted by Crippen LogP contribution is 2.48. The Morgan fingerprint density at radius 3 is 2.59 bits per heavy atom. The molecule has 0 aromatic heterocycles. The molecule has 0 amide bonds. The van der Waals surface area contributed by atoms with E-state index in [1.165, 1.54) is 6.08 Å². The maximum Gasteiger partial charge on any atom is 0.316 e. The summed E-state index contributed by atoms with van der Waals surface area (Å²) >= 11 is 0. The van der Waals surface area contributed by atoms with E-state index in [2.05, 4.69) is 33.9 Å². The smallest absolute Gasteiger partial charge is 0.316 e. The maximum atomic E-state index is 12.6. The summed E-state index contributed by atoms with van der Waals surface area (Å²) in [6.45, 7) is 14.5. The third-order valence-corrected chi connectivity index (χ3v) is 10.6. The standard InChI is InChI=1S/C20H34O6Si/c1-8-24-18(22)15-11-13(2)16(26-27(6,7)19(3,4)5)17-20(15,23)14(9-10-21)12-25-17/h9,11,15-17,21,23H,8,10,12H2,1-7H3/b14-9-/t15-,16+,17+,20+/m0/s1. The van der Waals surface area contributed by atoms with Crippen molar-refractivity contribution in [3.05, 3.63) is 23.3 Å². The molecule has 0 aromatic carbocycles. The SMILES string of the molecule is CCOC(=O)[C@@H]1C=C(C)[C@@H](O[Si](C)(C)C(C)(C)C)[C@H]2OC/C(=C/CO)[C@]21O. The molecule has 2 aliphatic rings. The molecule has 0 aromatic rings. The summed E-state index contributed by atoms with van der Waals surface area (Å²) in [4.78, 5) is 12.6. The fourth-order valence-corrected chi connectivity index (χ4v) is 4.78. The highest BCUT2D eigenvalue weighted by atomic mass is 28.4. The van der Waals surface area contributed by atoms with E-state index in [9.17, 15) is 15.0 Å². The molecular formula is C20H34O6Si. The average Bonchev–Trinajstić information content (AvgIpc) is 2.87. The molecule has 7 heteroatoms. The van der Waals surface area contributed by atoms with Crippen LogP contribution in [0.25, 0.3) is 0 Å². The number of aliphatic hydroxyl groups excluding tert-OH is 1. The molecule has 0 saturated carbocycles. The van der Waals surface area contributed by atoms with Gasteiger partial charge in [-0.15, -0.1) is 0 Å². The first-order chi connectivity index (χ1) is 12.4. The van der Waals surface area contributed by atoms with Crippen LogP contribution in [0.15, 0.2) is 23.3 Å². The number of carbonyl (C=O) groups is 1. The number of hydrogen-bond acceptors (Lipinski definition) is 6. The van der Waals surface area contributed by atoms with Crippen LogP contribution >= 0.6 is 0 Å². The molecule has 1 aliphatic heterocycles.